The summed E-state index contributed by atoms with van der Waals surface area (Å²) in [5.74, 6) is 0.165. The van der Waals surface area contributed by atoms with Crippen LogP contribution < -0.4 is 10.1 Å². The zero-order valence-corrected chi connectivity index (χ0v) is 12.6. The van der Waals surface area contributed by atoms with Gasteiger partial charge < -0.3 is 10.1 Å². The summed E-state index contributed by atoms with van der Waals surface area (Å²) in [5, 5.41) is 3.79. The van der Waals surface area contributed by atoms with Crippen molar-refractivity contribution in [1.29, 1.82) is 0 Å². The van der Waals surface area contributed by atoms with Crippen LogP contribution in [0.15, 0.2) is 30.5 Å². The molecule has 1 N–H and O–H groups in total. The lowest BCUT2D eigenvalue weighted by atomic mass is 10.3. The second-order valence-electron chi connectivity index (χ2n) is 4.96. The van der Waals surface area contributed by atoms with Crippen LogP contribution in [0.3, 0.4) is 0 Å². The van der Waals surface area contributed by atoms with E-state index in [1.54, 1.807) is 6.20 Å². The van der Waals surface area contributed by atoms with Crippen LogP contribution in [0.5, 0.6) is 11.6 Å². The Morgan fingerprint density at radius 3 is 2.71 bits per heavy atom. The maximum atomic E-state index is 13.1. The van der Waals surface area contributed by atoms with Crippen LogP contribution in [0.4, 0.5) is 4.39 Å². The maximum absolute atomic E-state index is 13.1. The van der Waals surface area contributed by atoms with Gasteiger partial charge in [-0.3, -0.25) is 0 Å². The molecule has 0 unspecified atom stereocenters. The van der Waals surface area contributed by atoms with Crippen LogP contribution in [-0.4, -0.2) is 11.0 Å². The second-order valence-corrected chi connectivity index (χ2v) is 5.78. The highest BCUT2D eigenvalue weighted by Crippen LogP contribution is 2.30. The molecule has 0 bridgehead atoms. The lowest BCUT2D eigenvalue weighted by Gasteiger charge is -2.09. The molecule has 0 aliphatic heterocycles. The molecule has 0 radical (unpaired) electrons. The number of hydrogen-bond donors (Lipinski definition) is 1. The van der Waals surface area contributed by atoms with Crippen LogP contribution >= 0.6 is 23.2 Å². The van der Waals surface area contributed by atoms with Gasteiger partial charge in [0.1, 0.15) is 16.6 Å². The van der Waals surface area contributed by atoms with Gasteiger partial charge in [-0.15, -0.1) is 0 Å². The summed E-state index contributed by atoms with van der Waals surface area (Å²) >= 11 is 11.9. The number of pyridine rings is 1. The quantitative estimate of drug-likeness (QED) is 0.873. The van der Waals surface area contributed by atoms with Crippen LogP contribution in [0.1, 0.15) is 18.4 Å². The van der Waals surface area contributed by atoms with Crippen molar-refractivity contribution in [3.05, 3.63) is 51.9 Å². The molecule has 1 aliphatic rings. The predicted molar refractivity (Wildman–Crippen MR) is 80.6 cm³/mol. The monoisotopic (exact) mass is 326 g/mol. The van der Waals surface area contributed by atoms with Crippen molar-refractivity contribution in [2.75, 3.05) is 0 Å². The van der Waals surface area contributed by atoms with Crippen molar-refractivity contribution in [3.8, 4) is 11.6 Å². The van der Waals surface area contributed by atoms with Crippen LogP contribution in [0.2, 0.25) is 10.0 Å². The number of nitrogens with zero attached hydrogens (tertiary/aromatic N) is 1. The van der Waals surface area contributed by atoms with Gasteiger partial charge >= 0.3 is 0 Å². The fourth-order valence-corrected chi connectivity index (χ4v) is 2.24. The fourth-order valence-electron chi connectivity index (χ4n) is 1.84. The van der Waals surface area contributed by atoms with E-state index in [-0.39, 0.29) is 10.9 Å². The number of aromatic nitrogens is 1. The summed E-state index contributed by atoms with van der Waals surface area (Å²) in [6.45, 7) is 0.736. The molecule has 0 amide bonds. The minimum absolute atomic E-state index is 0.00567. The van der Waals surface area contributed by atoms with E-state index in [9.17, 15) is 4.39 Å². The molecular weight excluding hydrogens is 314 g/mol. The van der Waals surface area contributed by atoms with Crippen molar-refractivity contribution < 1.29 is 9.13 Å². The van der Waals surface area contributed by atoms with E-state index in [1.807, 2.05) is 6.07 Å². The number of halogens is 3. The van der Waals surface area contributed by atoms with Crippen LogP contribution in [-0.2, 0) is 6.54 Å². The third-order valence-corrected chi connectivity index (χ3v) is 3.70. The minimum atomic E-state index is -0.496. The van der Waals surface area contributed by atoms with Gasteiger partial charge in [0.15, 0.2) is 0 Å². The summed E-state index contributed by atoms with van der Waals surface area (Å²) in [4.78, 5) is 4.19. The summed E-state index contributed by atoms with van der Waals surface area (Å²) < 4.78 is 18.6. The highest BCUT2D eigenvalue weighted by atomic mass is 35.5. The third kappa shape index (κ3) is 3.84. The molecule has 0 saturated heterocycles. The Kier molecular flexibility index (Phi) is 4.29. The van der Waals surface area contributed by atoms with Gasteiger partial charge in [-0.05, 0) is 36.6 Å². The minimum Gasteiger partial charge on any atom is -0.437 e. The molecule has 1 aliphatic carbocycles. The summed E-state index contributed by atoms with van der Waals surface area (Å²) in [6.07, 6.45) is 4.17. The molecule has 110 valence electrons. The third-order valence-electron chi connectivity index (χ3n) is 3.14. The van der Waals surface area contributed by atoms with Crippen LogP contribution in [0.25, 0.3) is 0 Å². The second kappa shape index (κ2) is 6.18. The lowest BCUT2D eigenvalue weighted by molar-refractivity contribution is 0.461. The molecule has 3 nitrogen and oxygen atoms in total. The predicted octanol–water partition coefficient (Wildman–Crippen LogP) is 4.57. The first-order chi connectivity index (χ1) is 10.1. The number of hydrogen-bond acceptors (Lipinski definition) is 3. The Bertz CT molecular complexity index is 662. The standard InChI is InChI=1S/C15H13Cl2FN2O/c16-12-6-11(3-4-14(12)18)21-15-13(17)5-9(8-20-15)7-19-10-1-2-10/h3-6,8,10,19H,1-2,7H2. The number of ether oxygens (including phenoxy) is 1. The van der Waals surface area contributed by atoms with Gasteiger partial charge in [-0.1, -0.05) is 23.2 Å². The molecule has 2 aromatic rings. The van der Waals surface area contributed by atoms with Crippen molar-refractivity contribution in [2.24, 2.45) is 0 Å². The summed E-state index contributed by atoms with van der Waals surface area (Å²) in [6, 6.07) is 6.53. The van der Waals surface area contributed by atoms with Gasteiger partial charge in [0.2, 0.25) is 5.88 Å². The summed E-state index contributed by atoms with van der Waals surface area (Å²) in [7, 11) is 0. The van der Waals surface area contributed by atoms with Gasteiger partial charge in [-0.2, -0.15) is 0 Å². The molecule has 0 atom stereocenters. The van der Waals surface area contributed by atoms with E-state index in [1.165, 1.54) is 31.0 Å². The molecule has 6 heteroatoms. The molecule has 1 aromatic heterocycles. The molecule has 3 rings (SSSR count). The fraction of sp³-hybridized carbons (Fsp3) is 0.267. The van der Waals surface area contributed by atoms with E-state index in [0.717, 1.165) is 12.1 Å². The van der Waals surface area contributed by atoms with Gasteiger partial charge in [0.05, 0.1) is 5.02 Å². The SMILES string of the molecule is Fc1ccc(Oc2ncc(CNC3CC3)cc2Cl)cc1Cl. The normalized spacial score (nSPS) is 14.2. The first-order valence-corrected chi connectivity index (χ1v) is 7.38. The Morgan fingerprint density at radius 2 is 2.05 bits per heavy atom. The Labute approximate surface area is 132 Å². The molecule has 1 heterocycles. The molecule has 1 aromatic carbocycles. The first-order valence-electron chi connectivity index (χ1n) is 6.62. The van der Waals surface area contributed by atoms with Gasteiger partial charge in [0.25, 0.3) is 0 Å². The van der Waals surface area contributed by atoms with E-state index in [4.69, 9.17) is 27.9 Å². The highest BCUT2D eigenvalue weighted by Gasteiger charge is 2.20. The number of nitrogens with one attached hydrogen (secondary N) is 1. The van der Waals surface area contributed by atoms with Crippen molar-refractivity contribution in [1.82, 2.24) is 10.3 Å². The number of rotatable bonds is 5. The van der Waals surface area contributed by atoms with Gasteiger partial charge in [-0.25, -0.2) is 9.37 Å². The zero-order valence-electron chi connectivity index (χ0n) is 11.1. The largest absolute Gasteiger partial charge is 0.437 e. The van der Waals surface area contributed by atoms with Crippen molar-refractivity contribution >= 4 is 23.2 Å². The molecule has 1 fully saturated rings. The van der Waals surface area contributed by atoms with E-state index in [0.29, 0.717) is 16.8 Å². The Morgan fingerprint density at radius 1 is 1.24 bits per heavy atom. The smallest absolute Gasteiger partial charge is 0.238 e. The van der Waals surface area contributed by atoms with Crippen molar-refractivity contribution in [3.63, 3.8) is 0 Å². The maximum Gasteiger partial charge on any atom is 0.238 e. The lowest BCUT2D eigenvalue weighted by Crippen LogP contribution is -2.15. The van der Waals surface area contributed by atoms with E-state index >= 15 is 0 Å². The average molecular weight is 327 g/mol. The summed E-state index contributed by atoms with van der Waals surface area (Å²) in [5.41, 5.74) is 0.997. The molecule has 21 heavy (non-hydrogen) atoms. The van der Waals surface area contributed by atoms with Crippen molar-refractivity contribution in [2.45, 2.75) is 25.4 Å². The average Bonchev–Trinajstić information content (AvgIpc) is 3.27. The van der Waals surface area contributed by atoms with Crippen LogP contribution in [0, 0.1) is 5.82 Å². The Balaban J connectivity index is 1.70. The highest BCUT2D eigenvalue weighted by molar-refractivity contribution is 6.32. The number of benzene rings is 1. The zero-order chi connectivity index (χ0) is 14.8. The topological polar surface area (TPSA) is 34.1 Å². The molecular formula is C15H13Cl2FN2O. The van der Waals surface area contributed by atoms with E-state index < -0.39 is 5.82 Å². The molecule has 1 saturated carbocycles. The first kappa shape index (κ1) is 14.6. The van der Waals surface area contributed by atoms with E-state index in [2.05, 4.69) is 10.3 Å². The van der Waals surface area contributed by atoms with Gasteiger partial charge in [0, 0.05) is 24.8 Å². The Hall–Kier alpha value is -1.36. The molecule has 0 spiro atoms.